The zero-order valence-electron chi connectivity index (χ0n) is 6.67. The lowest BCUT2D eigenvalue weighted by Crippen LogP contribution is -2.12. The molecule has 0 fully saturated rings. The van der Waals surface area contributed by atoms with Gasteiger partial charge in [-0.3, -0.25) is 4.68 Å². The van der Waals surface area contributed by atoms with Crippen molar-refractivity contribution in [3.8, 4) is 11.8 Å². The molecular formula is C9H12N2. The van der Waals surface area contributed by atoms with Gasteiger partial charge in [-0.15, -0.1) is 11.8 Å². The van der Waals surface area contributed by atoms with Crippen LogP contribution in [0.4, 0.5) is 0 Å². The summed E-state index contributed by atoms with van der Waals surface area (Å²) in [6.45, 7) is 2.76. The largest absolute Gasteiger partial charge is 0.325 e. The summed E-state index contributed by atoms with van der Waals surface area (Å²) < 4.78 is 1.93. The molecule has 0 aliphatic rings. The Labute approximate surface area is 67.2 Å². The molecule has 0 spiro atoms. The van der Waals surface area contributed by atoms with Crippen molar-refractivity contribution < 1.29 is 0 Å². The molecule has 0 aliphatic heterocycles. The summed E-state index contributed by atoms with van der Waals surface area (Å²) in [4.78, 5) is 0. The molecule has 0 saturated carbocycles. The molecule has 0 aliphatic carbocycles. The lowest BCUT2D eigenvalue weighted by molar-refractivity contribution is 0.846. The van der Waals surface area contributed by atoms with Crippen molar-refractivity contribution in [2.24, 2.45) is 0 Å². The van der Waals surface area contributed by atoms with Gasteiger partial charge in [-0.05, 0) is 19.1 Å². The first-order chi connectivity index (χ1) is 5.43. The quantitative estimate of drug-likeness (QED) is 0.507. The molecule has 1 aromatic rings. The molecule has 1 heterocycles. The summed E-state index contributed by atoms with van der Waals surface area (Å²) in [6.07, 6.45) is 4.84. The predicted molar refractivity (Wildman–Crippen MR) is 46.7 cm³/mol. The maximum Gasteiger partial charge on any atom is 0.0423 e. The van der Waals surface area contributed by atoms with Crippen LogP contribution in [0, 0.1) is 11.8 Å². The minimum Gasteiger partial charge on any atom is -0.325 e. The zero-order valence-corrected chi connectivity index (χ0v) is 6.67. The Kier molecular flexibility index (Phi) is 3.14. The molecule has 2 nitrogen and oxygen atoms in total. The first-order valence-electron chi connectivity index (χ1n) is 3.70. The second-order valence-corrected chi connectivity index (χ2v) is 2.18. The summed E-state index contributed by atoms with van der Waals surface area (Å²) >= 11 is 0. The molecule has 58 valence electrons. The highest BCUT2D eigenvalue weighted by atomic mass is 15.4. The summed E-state index contributed by atoms with van der Waals surface area (Å²) in [6, 6.07) is 3.97. The Hall–Kier alpha value is -1.36. The van der Waals surface area contributed by atoms with Gasteiger partial charge in [0.1, 0.15) is 0 Å². The molecule has 0 atom stereocenters. The van der Waals surface area contributed by atoms with Crippen LogP contribution in [0.1, 0.15) is 13.3 Å². The minimum absolute atomic E-state index is 0.898. The van der Waals surface area contributed by atoms with Crippen molar-refractivity contribution in [1.82, 2.24) is 4.68 Å². The van der Waals surface area contributed by atoms with E-state index in [4.69, 9.17) is 0 Å². The van der Waals surface area contributed by atoms with Crippen LogP contribution < -0.4 is 5.43 Å². The van der Waals surface area contributed by atoms with E-state index in [2.05, 4.69) is 17.3 Å². The molecule has 2 heteroatoms. The Morgan fingerprint density at radius 1 is 1.36 bits per heavy atom. The van der Waals surface area contributed by atoms with Gasteiger partial charge in [0.05, 0.1) is 0 Å². The van der Waals surface area contributed by atoms with Crippen LogP contribution in [0.2, 0.25) is 0 Å². The SMILES string of the molecule is CC#CCCNn1cccc1. The van der Waals surface area contributed by atoms with Gasteiger partial charge in [-0.25, -0.2) is 0 Å². The van der Waals surface area contributed by atoms with Gasteiger partial charge in [-0.1, -0.05) is 0 Å². The summed E-state index contributed by atoms with van der Waals surface area (Å²) in [7, 11) is 0. The van der Waals surface area contributed by atoms with Crippen LogP contribution in [0.3, 0.4) is 0 Å². The van der Waals surface area contributed by atoms with E-state index in [-0.39, 0.29) is 0 Å². The monoisotopic (exact) mass is 148 g/mol. The van der Waals surface area contributed by atoms with Crippen molar-refractivity contribution in [1.29, 1.82) is 0 Å². The van der Waals surface area contributed by atoms with Crippen molar-refractivity contribution in [3.63, 3.8) is 0 Å². The fourth-order valence-corrected chi connectivity index (χ4v) is 0.812. The second kappa shape index (κ2) is 4.45. The van der Waals surface area contributed by atoms with Gasteiger partial charge in [0.15, 0.2) is 0 Å². The molecule has 1 rings (SSSR count). The average molecular weight is 148 g/mol. The third kappa shape index (κ3) is 2.81. The molecule has 0 bridgehead atoms. The predicted octanol–water partition coefficient (Wildman–Crippen LogP) is 1.45. The highest BCUT2D eigenvalue weighted by Gasteiger charge is 1.82. The molecule has 11 heavy (non-hydrogen) atoms. The number of hydrogen-bond acceptors (Lipinski definition) is 1. The molecule has 0 amide bonds. The van der Waals surface area contributed by atoms with Gasteiger partial charge in [-0.2, -0.15) is 0 Å². The standard InChI is InChI=1S/C9H12N2/c1-2-3-4-7-10-11-8-5-6-9-11/h5-6,8-10H,4,7H2,1H3. The lowest BCUT2D eigenvalue weighted by Gasteiger charge is -2.03. The van der Waals surface area contributed by atoms with E-state index in [1.807, 2.05) is 36.1 Å². The first-order valence-corrected chi connectivity index (χ1v) is 3.70. The Morgan fingerprint density at radius 3 is 2.73 bits per heavy atom. The molecule has 1 N–H and O–H groups in total. The van der Waals surface area contributed by atoms with Gasteiger partial charge < -0.3 is 5.43 Å². The highest BCUT2D eigenvalue weighted by molar-refractivity contribution is 4.98. The maximum absolute atomic E-state index is 3.17. The molecular weight excluding hydrogens is 136 g/mol. The van der Waals surface area contributed by atoms with E-state index in [9.17, 15) is 0 Å². The van der Waals surface area contributed by atoms with Crippen LogP contribution in [0.15, 0.2) is 24.5 Å². The fraction of sp³-hybridized carbons (Fsp3) is 0.333. The number of nitrogens with zero attached hydrogens (tertiary/aromatic N) is 1. The summed E-state index contributed by atoms with van der Waals surface area (Å²) in [5.41, 5.74) is 3.17. The third-order valence-electron chi connectivity index (χ3n) is 1.33. The Balaban J connectivity index is 2.17. The van der Waals surface area contributed by atoms with Crippen LogP contribution in [-0.4, -0.2) is 11.2 Å². The van der Waals surface area contributed by atoms with Crippen LogP contribution >= 0.6 is 0 Å². The van der Waals surface area contributed by atoms with Crippen LogP contribution in [0.25, 0.3) is 0 Å². The van der Waals surface area contributed by atoms with Gasteiger partial charge in [0.2, 0.25) is 0 Å². The highest BCUT2D eigenvalue weighted by Crippen LogP contribution is 1.84. The van der Waals surface area contributed by atoms with Crippen molar-refractivity contribution in [2.45, 2.75) is 13.3 Å². The van der Waals surface area contributed by atoms with Gasteiger partial charge >= 0.3 is 0 Å². The zero-order chi connectivity index (χ0) is 7.94. The Morgan fingerprint density at radius 2 is 2.09 bits per heavy atom. The van der Waals surface area contributed by atoms with E-state index < -0.39 is 0 Å². The van der Waals surface area contributed by atoms with E-state index in [0.717, 1.165) is 13.0 Å². The van der Waals surface area contributed by atoms with Crippen molar-refractivity contribution in [2.75, 3.05) is 12.0 Å². The number of hydrogen-bond donors (Lipinski definition) is 1. The summed E-state index contributed by atoms with van der Waals surface area (Å²) in [5.74, 6) is 5.83. The average Bonchev–Trinajstić information content (AvgIpc) is 2.50. The van der Waals surface area contributed by atoms with E-state index in [0.29, 0.717) is 0 Å². The molecule has 0 radical (unpaired) electrons. The van der Waals surface area contributed by atoms with E-state index in [1.165, 1.54) is 0 Å². The number of aromatic nitrogens is 1. The minimum atomic E-state index is 0.898. The Bertz CT molecular complexity index is 238. The van der Waals surface area contributed by atoms with Crippen molar-refractivity contribution in [3.05, 3.63) is 24.5 Å². The van der Waals surface area contributed by atoms with Crippen LogP contribution in [-0.2, 0) is 0 Å². The van der Waals surface area contributed by atoms with E-state index in [1.54, 1.807) is 0 Å². The van der Waals surface area contributed by atoms with Gasteiger partial charge in [0.25, 0.3) is 0 Å². The smallest absolute Gasteiger partial charge is 0.0423 e. The van der Waals surface area contributed by atoms with Gasteiger partial charge in [0, 0.05) is 25.4 Å². The third-order valence-corrected chi connectivity index (χ3v) is 1.33. The second-order valence-electron chi connectivity index (χ2n) is 2.18. The normalized spacial score (nSPS) is 8.45. The van der Waals surface area contributed by atoms with Crippen molar-refractivity contribution >= 4 is 0 Å². The van der Waals surface area contributed by atoms with Crippen LogP contribution in [0.5, 0.6) is 0 Å². The molecule has 1 aromatic heterocycles. The summed E-state index contributed by atoms with van der Waals surface area (Å²) in [5, 5.41) is 0. The number of nitrogens with one attached hydrogen (secondary N) is 1. The fourth-order valence-electron chi connectivity index (χ4n) is 0.812. The molecule has 0 saturated heterocycles. The first kappa shape index (κ1) is 7.74. The number of rotatable bonds is 3. The maximum atomic E-state index is 3.17. The molecule has 0 unspecified atom stereocenters. The van der Waals surface area contributed by atoms with E-state index >= 15 is 0 Å². The molecule has 0 aromatic carbocycles. The lowest BCUT2D eigenvalue weighted by atomic mass is 10.4. The topological polar surface area (TPSA) is 17.0 Å².